The fourth-order valence-corrected chi connectivity index (χ4v) is 3.67. The quantitative estimate of drug-likeness (QED) is 0.804. The second-order valence-electron chi connectivity index (χ2n) is 6.11. The molecule has 0 bridgehead atoms. The molecule has 2 aromatic rings. The number of sulfonamides is 1. The number of hydrogen-bond acceptors (Lipinski definition) is 6. The van der Waals surface area contributed by atoms with Crippen LogP contribution >= 0.6 is 11.6 Å². The third-order valence-electron chi connectivity index (χ3n) is 3.95. The number of aromatic nitrogens is 2. The summed E-state index contributed by atoms with van der Waals surface area (Å²) in [6, 6.07) is 7.06. The summed E-state index contributed by atoms with van der Waals surface area (Å²) in [5.74, 6) is 1.24. The molecular weight excluding hydrogens is 378 g/mol. The Morgan fingerprint density at radius 2 is 1.96 bits per heavy atom. The highest BCUT2D eigenvalue weighted by atomic mass is 35.5. The molecule has 2 heterocycles. The second kappa shape index (κ2) is 8.30. The van der Waals surface area contributed by atoms with Crippen molar-refractivity contribution < 1.29 is 17.9 Å². The first kappa shape index (κ1) is 19.0. The Kier molecular flexibility index (Phi) is 6.08. The predicted molar refractivity (Wildman–Crippen MR) is 98.7 cm³/mol. The highest BCUT2D eigenvalue weighted by molar-refractivity contribution is 7.88. The third-order valence-corrected chi connectivity index (χ3v) is 4.88. The van der Waals surface area contributed by atoms with Crippen molar-refractivity contribution in [2.45, 2.75) is 25.0 Å². The van der Waals surface area contributed by atoms with Gasteiger partial charge in [-0.3, -0.25) is 0 Å². The Hall–Kier alpha value is -1.74. The molecule has 1 aromatic heterocycles. The summed E-state index contributed by atoms with van der Waals surface area (Å²) < 4.78 is 37.0. The average molecular weight is 398 g/mol. The third kappa shape index (κ3) is 5.38. The zero-order chi connectivity index (χ0) is 18.6. The predicted octanol–water partition coefficient (Wildman–Crippen LogP) is 2.27. The molecule has 26 heavy (non-hydrogen) atoms. The van der Waals surface area contributed by atoms with Gasteiger partial charge >= 0.3 is 0 Å². The van der Waals surface area contributed by atoms with E-state index in [9.17, 15) is 8.42 Å². The van der Waals surface area contributed by atoms with E-state index in [2.05, 4.69) is 14.7 Å². The van der Waals surface area contributed by atoms with E-state index in [0.717, 1.165) is 24.7 Å². The van der Waals surface area contributed by atoms with Crippen LogP contribution in [-0.2, 0) is 14.8 Å². The molecule has 7 nitrogen and oxygen atoms in total. The lowest BCUT2D eigenvalue weighted by molar-refractivity contribution is -0.0278. The highest BCUT2D eigenvalue weighted by Gasteiger charge is 2.28. The second-order valence-corrected chi connectivity index (χ2v) is 8.32. The van der Waals surface area contributed by atoms with Gasteiger partial charge in [0.25, 0.3) is 0 Å². The van der Waals surface area contributed by atoms with Gasteiger partial charge in [0.1, 0.15) is 18.5 Å². The van der Waals surface area contributed by atoms with Crippen LogP contribution in [0.5, 0.6) is 5.75 Å². The molecule has 1 aliphatic heterocycles. The van der Waals surface area contributed by atoms with Crippen LogP contribution < -0.4 is 9.46 Å². The molecule has 0 unspecified atom stereocenters. The van der Waals surface area contributed by atoms with Gasteiger partial charge in [-0.1, -0.05) is 11.6 Å². The fraction of sp³-hybridized carbons (Fsp3) is 0.412. The summed E-state index contributed by atoms with van der Waals surface area (Å²) in [4.78, 5) is 8.35. The Bertz CT molecular complexity index is 828. The number of nitrogens with one attached hydrogen (secondary N) is 1. The van der Waals surface area contributed by atoms with Crippen LogP contribution in [0.3, 0.4) is 0 Å². The molecule has 1 aliphatic rings. The van der Waals surface area contributed by atoms with Gasteiger partial charge in [-0.15, -0.1) is 0 Å². The van der Waals surface area contributed by atoms with E-state index in [-0.39, 0.29) is 18.8 Å². The number of rotatable bonds is 6. The van der Waals surface area contributed by atoms with Crippen LogP contribution in [0, 0.1) is 0 Å². The summed E-state index contributed by atoms with van der Waals surface area (Å²) in [6.07, 6.45) is 5.47. The van der Waals surface area contributed by atoms with Crippen molar-refractivity contribution in [3.63, 3.8) is 0 Å². The van der Waals surface area contributed by atoms with Crippen molar-refractivity contribution in [2.75, 3.05) is 19.5 Å². The molecular formula is C17H20ClN3O4S. The van der Waals surface area contributed by atoms with Gasteiger partial charge in [-0.05, 0) is 37.1 Å². The SMILES string of the molecule is CS(=O)(=O)N[C@H]1CCCO[C@@H]1COc1ccc(-c2ncc(Cl)cn2)cc1. The lowest BCUT2D eigenvalue weighted by Gasteiger charge is -2.31. The van der Waals surface area contributed by atoms with Gasteiger partial charge in [0.15, 0.2) is 5.82 Å². The molecule has 1 fully saturated rings. The van der Waals surface area contributed by atoms with Crippen LogP contribution in [-0.4, -0.2) is 50.0 Å². The minimum Gasteiger partial charge on any atom is -0.491 e. The smallest absolute Gasteiger partial charge is 0.209 e. The van der Waals surface area contributed by atoms with Gasteiger partial charge in [0.2, 0.25) is 10.0 Å². The lowest BCUT2D eigenvalue weighted by Crippen LogP contribution is -2.49. The molecule has 0 amide bonds. The fourth-order valence-electron chi connectivity index (χ4n) is 2.75. The van der Waals surface area contributed by atoms with E-state index in [1.165, 1.54) is 0 Å². The molecule has 0 radical (unpaired) electrons. The van der Waals surface area contributed by atoms with E-state index in [0.29, 0.717) is 23.2 Å². The molecule has 1 N–H and O–H groups in total. The number of nitrogens with zero attached hydrogens (tertiary/aromatic N) is 2. The zero-order valence-electron chi connectivity index (χ0n) is 14.3. The highest BCUT2D eigenvalue weighted by Crippen LogP contribution is 2.21. The molecule has 9 heteroatoms. The maximum Gasteiger partial charge on any atom is 0.209 e. The summed E-state index contributed by atoms with van der Waals surface area (Å²) in [5.41, 5.74) is 0.847. The number of benzene rings is 1. The lowest BCUT2D eigenvalue weighted by atomic mass is 10.0. The first-order chi connectivity index (χ1) is 12.4. The Labute approximate surface area is 157 Å². The van der Waals surface area contributed by atoms with E-state index < -0.39 is 10.0 Å². The van der Waals surface area contributed by atoms with Gasteiger partial charge in [-0.2, -0.15) is 0 Å². The van der Waals surface area contributed by atoms with E-state index >= 15 is 0 Å². The minimum atomic E-state index is -3.29. The maximum atomic E-state index is 11.5. The largest absolute Gasteiger partial charge is 0.491 e. The molecule has 0 saturated carbocycles. The number of halogens is 1. The molecule has 0 spiro atoms. The van der Waals surface area contributed by atoms with Gasteiger partial charge < -0.3 is 9.47 Å². The van der Waals surface area contributed by atoms with Crippen LogP contribution in [0.15, 0.2) is 36.7 Å². The zero-order valence-corrected chi connectivity index (χ0v) is 15.8. The van der Waals surface area contributed by atoms with Crippen LogP contribution in [0.2, 0.25) is 5.02 Å². The van der Waals surface area contributed by atoms with Gasteiger partial charge in [-0.25, -0.2) is 23.1 Å². The standard InChI is InChI=1S/C17H20ClN3O4S/c1-26(22,23)21-15-3-2-8-24-16(15)11-25-14-6-4-12(5-7-14)17-19-9-13(18)10-20-17/h4-7,9-10,15-16,21H,2-3,8,11H2,1H3/t15-,16+/m0/s1. The summed E-state index contributed by atoms with van der Waals surface area (Å²) >= 11 is 5.79. The topological polar surface area (TPSA) is 90.4 Å². The van der Waals surface area contributed by atoms with Crippen LogP contribution in [0.25, 0.3) is 11.4 Å². The van der Waals surface area contributed by atoms with Crippen molar-refractivity contribution >= 4 is 21.6 Å². The summed E-state index contributed by atoms with van der Waals surface area (Å²) in [6.45, 7) is 0.868. The maximum absolute atomic E-state index is 11.5. The molecule has 1 saturated heterocycles. The monoisotopic (exact) mass is 397 g/mol. The molecule has 3 rings (SSSR count). The Morgan fingerprint density at radius 1 is 1.27 bits per heavy atom. The van der Waals surface area contributed by atoms with Crippen molar-refractivity contribution in [3.05, 3.63) is 41.7 Å². The number of hydrogen-bond donors (Lipinski definition) is 1. The van der Waals surface area contributed by atoms with Crippen molar-refractivity contribution in [3.8, 4) is 17.1 Å². The van der Waals surface area contributed by atoms with Crippen molar-refractivity contribution in [2.24, 2.45) is 0 Å². The van der Waals surface area contributed by atoms with Crippen molar-refractivity contribution in [1.29, 1.82) is 0 Å². The van der Waals surface area contributed by atoms with E-state index in [4.69, 9.17) is 21.1 Å². The minimum absolute atomic E-state index is 0.268. The Morgan fingerprint density at radius 3 is 2.62 bits per heavy atom. The van der Waals surface area contributed by atoms with Crippen molar-refractivity contribution in [1.82, 2.24) is 14.7 Å². The molecule has 0 aliphatic carbocycles. The summed E-state index contributed by atoms with van der Waals surface area (Å²) in [7, 11) is -3.29. The normalized spacial score (nSPS) is 20.7. The molecule has 140 valence electrons. The molecule has 2 atom stereocenters. The Balaban J connectivity index is 1.61. The van der Waals surface area contributed by atoms with Crippen LogP contribution in [0.4, 0.5) is 0 Å². The average Bonchev–Trinajstić information content (AvgIpc) is 2.61. The first-order valence-electron chi connectivity index (χ1n) is 8.20. The van der Waals surface area contributed by atoms with Gasteiger partial charge in [0, 0.05) is 24.6 Å². The van der Waals surface area contributed by atoms with E-state index in [1.54, 1.807) is 12.4 Å². The van der Waals surface area contributed by atoms with E-state index in [1.807, 2.05) is 24.3 Å². The van der Waals surface area contributed by atoms with Gasteiger partial charge in [0.05, 0.1) is 17.3 Å². The first-order valence-corrected chi connectivity index (χ1v) is 10.5. The molecule has 1 aromatic carbocycles. The number of ether oxygens (including phenoxy) is 2. The summed E-state index contributed by atoms with van der Waals surface area (Å²) in [5, 5.41) is 0.485. The van der Waals surface area contributed by atoms with Crippen LogP contribution in [0.1, 0.15) is 12.8 Å².